The molecule has 0 saturated carbocycles. The fraction of sp³-hybridized carbons (Fsp3) is 0.143. The van der Waals surface area contributed by atoms with E-state index in [2.05, 4.69) is 15.3 Å². The van der Waals surface area contributed by atoms with E-state index in [1.54, 1.807) is 13.2 Å². The van der Waals surface area contributed by atoms with E-state index in [9.17, 15) is 0 Å². The summed E-state index contributed by atoms with van der Waals surface area (Å²) < 4.78 is 5.36. The van der Waals surface area contributed by atoms with Crippen LogP contribution in [0.2, 0.25) is 5.02 Å². The maximum absolute atomic E-state index is 6.12. The Bertz CT molecular complexity index is 818. The molecular formula is C14H13ClN4OS. The third-order valence-corrected chi connectivity index (χ3v) is 4.29. The van der Waals surface area contributed by atoms with Crippen LogP contribution in [0.5, 0.6) is 5.75 Å². The number of benzene rings is 1. The molecule has 108 valence electrons. The Morgan fingerprint density at radius 3 is 2.90 bits per heavy atom. The van der Waals surface area contributed by atoms with Gasteiger partial charge >= 0.3 is 0 Å². The lowest BCUT2D eigenvalue weighted by molar-refractivity contribution is 0.417. The van der Waals surface area contributed by atoms with Crippen LogP contribution in [0.1, 0.15) is 5.56 Å². The first kappa shape index (κ1) is 13.9. The second kappa shape index (κ2) is 5.38. The maximum atomic E-state index is 6.12. The Kier molecular flexibility index (Phi) is 3.57. The van der Waals surface area contributed by atoms with Crippen molar-refractivity contribution < 1.29 is 4.74 Å². The fourth-order valence-corrected chi connectivity index (χ4v) is 2.95. The molecule has 0 unspecified atom stereocenters. The molecule has 0 amide bonds. The number of nitrogen functional groups attached to an aromatic ring is 1. The molecule has 3 rings (SSSR count). The standard InChI is InChI=1S/C14H13ClN4OS/c1-7-5-10(11(20-2)6-9(7)15)17-12-8-3-4-21-13(8)19-14(16)18-12/h3-6H,1-2H3,(H3,16,17,18,19). The molecule has 0 bridgehead atoms. The number of halogens is 1. The van der Waals surface area contributed by atoms with Crippen LogP contribution in [0, 0.1) is 6.92 Å². The van der Waals surface area contributed by atoms with Crippen molar-refractivity contribution in [1.82, 2.24) is 9.97 Å². The van der Waals surface area contributed by atoms with Gasteiger partial charge in [0.15, 0.2) is 0 Å². The minimum absolute atomic E-state index is 0.233. The van der Waals surface area contributed by atoms with Crippen LogP contribution in [-0.2, 0) is 0 Å². The van der Waals surface area contributed by atoms with E-state index in [1.165, 1.54) is 11.3 Å². The first-order valence-electron chi connectivity index (χ1n) is 6.20. The average molecular weight is 321 g/mol. The maximum Gasteiger partial charge on any atom is 0.223 e. The van der Waals surface area contributed by atoms with Gasteiger partial charge in [-0.25, -0.2) is 4.98 Å². The molecule has 0 saturated heterocycles. The molecule has 0 aliphatic heterocycles. The van der Waals surface area contributed by atoms with E-state index in [0.29, 0.717) is 16.6 Å². The molecule has 5 nitrogen and oxygen atoms in total. The highest BCUT2D eigenvalue weighted by molar-refractivity contribution is 7.16. The van der Waals surface area contributed by atoms with E-state index in [0.717, 1.165) is 21.5 Å². The number of aromatic nitrogens is 2. The number of hydrogen-bond donors (Lipinski definition) is 2. The molecule has 21 heavy (non-hydrogen) atoms. The van der Waals surface area contributed by atoms with Gasteiger partial charge in [0.2, 0.25) is 5.95 Å². The smallest absolute Gasteiger partial charge is 0.223 e. The van der Waals surface area contributed by atoms with Crippen molar-refractivity contribution in [3.8, 4) is 5.75 Å². The summed E-state index contributed by atoms with van der Waals surface area (Å²) in [6.45, 7) is 1.93. The zero-order valence-electron chi connectivity index (χ0n) is 11.5. The van der Waals surface area contributed by atoms with Gasteiger partial charge in [-0.1, -0.05) is 11.6 Å². The summed E-state index contributed by atoms with van der Waals surface area (Å²) in [5.74, 6) is 1.53. The Morgan fingerprint density at radius 1 is 1.33 bits per heavy atom. The van der Waals surface area contributed by atoms with Gasteiger partial charge in [-0.3, -0.25) is 0 Å². The number of methoxy groups -OCH3 is 1. The summed E-state index contributed by atoms with van der Waals surface area (Å²) in [6, 6.07) is 5.64. The summed E-state index contributed by atoms with van der Waals surface area (Å²) in [4.78, 5) is 9.32. The van der Waals surface area contributed by atoms with E-state index in [-0.39, 0.29) is 5.95 Å². The molecule has 7 heteroatoms. The number of thiophene rings is 1. The van der Waals surface area contributed by atoms with Crippen molar-refractivity contribution in [3.63, 3.8) is 0 Å². The molecule has 0 aliphatic rings. The lowest BCUT2D eigenvalue weighted by atomic mass is 10.2. The van der Waals surface area contributed by atoms with Gasteiger partial charge in [-0.05, 0) is 30.0 Å². The van der Waals surface area contributed by atoms with Gasteiger partial charge in [-0.15, -0.1) is 11.3 Å². The SMILES string of the molecule is COc1cc(Cl)c(C)cc1Nc1nc(N)nc2sccc12. The van der Waals surface area contributed by atoms with Crippen molar-refractivity contribution in [2.45, 2.75) is 6.92 Å². The highest BCUT2D eigenvalue weighted by Gasteiger charge is 2.12. The van der Waals surface area contributed by atoms with E-state index < -0.39 is 0 Å². The number of rotatable bonds is 3. The molecular weight excluding hydrogens is 308 g/mol. The number of nitrogens with one attached hydrogen (secondary N) is 1. The van der Waals surface area contributed by atoms with Crippen LogP contribution in [0.3, 0.4) is 0 Å². The fourth-order valence-electron chi connectivity index (χ4n) is 2.02. The Hall–Kier alpha value is -2.05. The monoisotopic (exact) mass is 320 g/mol. The number of nitrogens with two attached hydrogens (primary N) is 1. The second-order valence-corrected chi connectivity index (χ2v) is 5.80. The Balaban J connectivity index is 2.10. The van der Waals surface area contributed by atoms with Crippen LogP contribution < -0.4 is 15.8 Å². The lowest BCUT2D eigenvalue weighted by Crippen LogP contribution is -2.01. The second-order valence-electron chi connectivity index (χ2n) is 4.50. The van der Waals surface area contributed by atoms with E-state index in [4.69, 9.17) is 22.1 Å². The van der Waals surface area contributed by atoms with Crippen LogP contribution in [0.4, 0.5) is 17.5 Å². The van der Waals surface area contributed by atoms with Gasteiger partial charge in [0.1, 0.15) is 16.4 Å². The van der Waals surface area contributed by atoms with Crippen LogP contribution in [0.25, 0.3) is 10.2 Å². The highest BCUT2D eigenvalue weighted by atomic mass is 35.5. The highest BCUT2D eigenvalue weighted by Crippen LogP contribution is 2.35. The molecule has 0 fully saturated rings. The van der Waals surface area contributed by atoms with Gasteiger partial charge in [0, 0.05) is 11.1 Å². The minimum atomic E-state index is 0.233. The zero-order chi connectivity index (χ0) is 15.0. The number of aryl methyl sites for hydroxylation is 1. The normalized spacial score (nSPS) is 10.8. The quantitative estimate of drug-likeness (QED) is 0.763. The number of nitrogens with zero attached hydrogens (tertiary/aromatic N) is 2. The van der Waals surface area contributed by atoms with Crippen LogP contribution in [-0.4, -0.2) is 17.1 Å². The molecule has 0 spiro atoms. The van der Waals surface area contributed by atoms with Crippen molar-refractivity contribution in [1.29, 1.82) is 0 Å². The summed E-state index contributed by atoms with van der Waals surface area (Å²) in [5.41, 5.74) is 7.48. The predicted molar refractivity (Wildman–Crippen MR) is 87.9 cm³/mol. The van der Waals surface area contributed by atoms with E-state index >= 15 is 0 Å². The summed E-state index contributed by atoms with van der Waals surface area (Å²) in [7, 11) is 1.60. The third-order valence-electron chi connectivity index (χ3n) is 3.08. The molecule has 0 atom stereocenters. The van der Waals surface area contributed by atoms with Crippen molar-refractivity contribution in [2.75, 3.05) is 18.2 Å². The number of hydrogen-bond acceptors (Lipinski definition) is 6. The molecule has 3 aromatic rings. The van der Waals surface area contributed by atoms with Crippen molar-refractivity contribution in [2.24, 2.45) is 0 Å². The lowest BCUT2D eigenvalue weighted by Gasteiger charge is -2.13. The van der Waals surface area contributed by atoms with Gasteiger partial charge in [0.05, 0.1) is 18.2 Å². The zero-order valence-corrected chi connectivity index (χ0v) is 13.0. The molecule has 1 aromatic carbocycles. The average Bonchev–Trinajstić information content (AvgIpc) is 2.90. The molecule has 2 heterocycles. The number of anilines is 3. The van der Waals surface area contributed by atoms with Crippen LogP contribution in [0.15, 0.2) is 23.6 Å². The number of fused-ring (bicyclic) bond motifs is 1. The largest absolute Gasteiger partial charge is 0.495 e. The first-order valence-corrected chi connectivity index (χ1v) is 7.46. The van der Waals surface area contributed by atoms with Gasteiger partial charge < -0.3 is 15.8 Å². The van der Waals surface area contributed by atoms with Gasteiger partial charge in [0.25, 0.3) is 0 Å². The molecule has 0 aliphatic carbocycles. The topological polar surface area (TPSA) is 73.1 Å². The van der Waals surface area contributed by atoms with E-state index in [1.807, 2.05) is 24.4 Å². The summed E-state index contributed by atoms with van der Waals surface area (Å²) >= 11 is 7.64. The van der Waals surface area contributed by atoms with Crippen molar-refractivity contribution in [3.05, 3.63) is 34.2 Å². The van der Waals surface area contributed by atoms with Crippen molar-refractivity contribution >= 4 is 50.6 Å². The third kappa shape index (κ3) is 2.59. The Morgan fingerprint density at radius 2 is 2.14 bits per heavy atom. The first-order chi connectivity index (χ1) is 10.1. The summed E-state index contributed by atoms with van der Waals surface area (Å²) in [6.07, 6.45) is 0. The van der Waals surface area contributed by atoms with Crippen LogP contribution >= 0.6 is 22.9 Å². The molecule has 0 radical (unpaired) electrons. The molecule has 3 N–H and O–H groups in total. The molecule has 2 aromatic heterocycles. The number of ether oxygens (including phenoxy) is 1. The predicted octanol–water partition coefficient (Wildman–Crippen LogP) is 3.99. The minimum Gasteiger partial charge on any atom is -0.495 e. The summed E-state index contributed by atoms with van der Waals surface area (Å²) in [5, 5.41) is 6.78. The Labute approximate surface area is 130 Å². The van der Waals surface area contributed by atoms with Gasteiger partial charge in [-0.2, -0.15) is 4.98 Å².